The average molecular weight is 491 g/mol. The summed E-state index contributed by atoms with van der Waals surface area (Å²) in [5, 5.41) is 9.28. The highest BCUT2D eigenvalue weighted by atomic mass is 19.2. The predicted molar refractivity (Wildman–Crippen MR) is 126 cm³/mol. The molecule has 4 rings (SSSR count). The van der Waals surface area contributed by atoms with Crippen LogP contribution >= 0.6 is 0 Å². The number of benzene rings is 2. The van der Waals surface area contributed by atoms with Crippen molar-refractivity contribution < 1.29 is 32.5 Å². The first-order chi connectivity index (χ1) is 16.9. The first-order valence-corrected chi connectivity index (χ1v) is 12.6. The Hall–Kier alpha value is -2.54. The maximum atomic E-state index is 14.8. The normalized spacial score (nSPS) is 24.7. The van der Waals surface area contributed by atoms with E-state index in [-0.39, 0.29) is 47.6 Å². The van der Waals surface area contributed by atoms with E-state index in [4.69, 9.17) is 9.47 Å². The van der Waals surface area contributed by atoms with E-state index in [9.17, 15) is 23.1 Å². The quantitative estimate of drug-likeness (QED) is 0.442. The molecule has 0 aromatic heterocycles. The number of carbonyl (C=O) groups is 1. The number of ether oxygens (including phenoxy) is 2. The predicted octanol–water partition coefficient (Wildman–Crippen LogP) is 6.65. The van der Waals surface area contributed by atoms with Crippen LogP contribution in [0.5, 0.6) is 5.75 Å². The summed E-state index contributed by atoms with van der Waals surface area (Å²) in [7, 11) is 0. The lowest BCUT2D eigenvalue weighted by molar-refractivity contribution is 0.0189. The highest BCUT2D eigenvalue weighted by Crippen LogP contribution is 2.38. The van der Waals surface area contributed by atoms with Gasteiger partial charge in [-0.25, -0.2) is 18.0 Å². The molecule has 0 amide bonds. The van der Waals surface area contributed by atoms with Gasteiger partial charge < -0.3 is 14.6 Å². The molecule has 35 heavy (non-hydrogen) atoms. The summed E-state index contributed by atoms with van der Waals surface area (Å²) in [5.41, 5.74) is 0.789. The number of aliphatic hydroxyl groups excluding tert-OH is 1. The van der Waals surface area contributed by atoms with Crippen LogP contribution in [-0.2, 0) is 4.74 Å². The molecule has 0 spiro atoms. The van der Waals surface area contributed by atoms with Crippen molar-refractivity contribution in [1.82, 2.24) is 0 Å². The monoisotopic (exact) mass is 490 g/mol. The minimum Gasteiger partial charge on any atom is -0.491 e. The second-order valence-corrected chi connectivity index (χ2v) is 9.73. The zero-order valence-corrected chi connectivity index (χ0v) is 20.1. The first kappa shape index (κ1) is 25.5. The highest BCUT2D eigenvalue weighted by Gasteiger charge is 2.30. The summed E-state index contributed by atoms with van der Waals surface area (Å²) in [6, 6.07) is 7.82. The number of carbonyl (C=O) groups excluding carboxylic acids is 1. The van der Waals surface area contributed by atoms with Crippen LogP contribution < -0.4 is 4.74 Å². The van der Waals surface area contributed by atoms with Gasteiger partial charge in [0.25, 0.3) is 0 Å². The van der Waals surface area contributed by atoms with E-state index in [0.29, 0.717) is 50.7 Å². The first-order valence-electron chi connectivity index (χ1n) is 12.6. The topological polar surface area (TPSA) is 55.8 Å². The van der Waals surface area contributed by atoms with Gasteiger partial charge in [0.15, 0.2) is 23.2 Å². The van der Waals surface area contributed by atoms with Gasteiger partial charge in [-0.15, -0.1) is 0 Å². The van der Waals surface area contributed by atoms with Gasteiger partial charge >= 0.3 is 5.97 Å². The lowest BCUT2D eigenvalue weighted by atomic mass is 9.78. The minimum atomic E-state index is -1.16. The molecule has 190 valence electrons. The van der Waals surface area contributed by atoms with Gasteiger partial charge in [0.1, 0.15) is 6.10 Å². The molecule has 7 heteroatoms. The van der Waals surface area contributed by atoms with E-state index < -0.39 is 17.6 Å². The van der Waals surface area contributed by atoms with Gasteiger partial charge in [0.05, 0.1) is 12.2 Å². The lowest BCUT2D eigenvalue weighted by Gasteiger charge is -2.29. The number of halogens is 3. The Morgan fingerprint density at radius 1 is 0.914 bits per heavy atom. The Labute approximate surface area is 204 Å². The van der Waals surface area contributed by atoms with Gasteiger partial charge in [-0.2, -0.15) is 0 Å². The number of rotatable bonds is 7. The van der Waals surface area contributed by atoms with Crippen LogP contribution in [-0.4, -0.2) is 30.4 Å². The molecule has 2 aromatic rings. The van der Waals surface area contributed by atoms with Crippen LogP contribution in [0.4, 0.5) is 13.2 Å². The van der Waals surface area contributed by atoms with E-state index in [2.05, 4.69) is 0 Å². The number of hydrogen-bond donors (Lipinski definition) is 1. The third-order valence-corrected chi connectivity index (χ3v) is 7.55. The molecule has 0 saturated heterocycles. The van der Waals surface area contributed by atoms with E-state index in [1.807, 2.05) is 6.07 Å². The molecule has 0 unspecified atom stereocenters. The van der Waals surface area contributed by atoms with Crippen molar-refractivity contribution >= 4 is 5.97 Å². The summed E-state index contributed by atoms with van der Waals surface area (Å²) in [6.45, 7) is 2.31. The van der Waals surface area contributed by atoms with Crippen LogP contribution in [0, 0.1) is 23.4 Å². The molecular formula is C28H33F3O4. The highest BCUT2D eigenvalue weighted by molar-refractivity contribution is 5.90. The minimum absolute atomic E-state index is 0.111. The fourth-order valence-electron chi connectivity index (χ4n) is 5.47. The maximum Gasteiger partial charge on any atom is 0.341 e. The molecule has 2 fully saturated rings. The number of aliphatic hydroxyl groups is 1. The molecule has 1 N–H and O–H groups in total. The summed E-state index contributed by atoms with van der Waals surface area (Å²) >= 11 is 0. The smallest absolute Gasteiger partial charge is 0.341 e. The fraction of sp³-hybridized carbons (Fsp3) is 0.536. The van der Waals surface area contributed by atoms with Crippen LogP contribution in [0.1, 0.15) is 91.6 Å². The SMILES string of the molecule is CCOc1ccc(C2CCC(OC(=O)c3ccc(C4CCC(CO)CC4)c(F)c3F)CC2)cc1F. The Balaban J connectivity index is 1.34. The molecular weight excluding hydrogens is 457 g/mol. The molecule has 2 aliphatic rings. The van der Waals surface area contributed by atoms with Crippen molar-refractivity contribution in [3.63, 3.8) is 0 Å². The summed E-state index contributed by atoms with van der Waals surface area (Å²) in [4.78, 5) is 12.6. The van der Waals surface area contributed by atoms with Gasteiger partial charge in [-0.05, 0) is 105 Å². The van der Waals surface area contributed by atoms with E-state index in [0.717, 1.165) is 18.4 Å². The summed E-state index contributed by atoms with van der Waals surface area (Å²) in [5.74, 6) is -2.89. The molecule has 2 aliphatic carbocycles. The molecule has 0 aliphatic heterocycles. The molecule has 0 atom stereocenters. The van der Waals surface area contributed by atoms with Crippen LogP contribution in [0.25, 0.3) is 0 Å². The summed E-state index contributed by atoms with van der Waals surface area (Å²) < 4.78 is 54.6. The van der Waals surface area contributed by atoms with E-state index in [1.165, 1.54) is 18.2 Å². The second kappa shape index (κ2) is 11.5. The Morgan fingerprint density at radius 3 is 2.23 bits per heavy atom. The molecule has 0 bridgehead atoms. The van der Waals surface area contributed by atoms with Crippen molar-refractivity contribution in [3.05, 3.63) is 64.5 Å². The third-order valence-electron chi connectivity index (χ3n) is 7.55. The van der Waals surface area contributed by atoms with Crippen molar-refractivity contribution in [2.75, 3.05) is 13.2 Å². The second-order valence-electron chi connectivity index (χ2n) is 9.73. The molecule has 0 radical (unpaired) electrons. The Morgan fingerprint density at radius 2 is 1.60 bits per heavy atom. The van der Waals surface area contributed by atoms with E-state index in [1.54, 1.807) is 13.0 Å². The number of esters is 1. The van der Waals surface area contributed by atoms with Crippen LogP contribution in [0.15, 0.2) is 30.3 Å². The van der Waals surface area contributed by atoms with Gasteiger partial charge in [-0.3, -0.25) is 0 Å². The largest absolute Gasteiger partial charge is 0.491 e. The van der Waals surface area contributed by atoms with Crippen molar-refractivity contribution in [3.8, 4) is 5.75 Å². The lowest BCUT2D eigenvalue weighted by Crippen LogP contribution is -2.25. The number of hydrogen-bond acceptors (Lipinski definition) is 4. The van der Waals surface area contributed by atoms with E-state index >= 15 is 0 Å². The van der Waals surface area contributed by atoms with Crippen LogP contribution in [0.3, 0.4) is 0 Å². The van der Waals surface area contributed by atoms with Crippen molar-refractivity contribution in [1.29, 1.82) is 0 Å². The molecule has 2 saturated carbocycles. The molecule has 4 nitrogen and oxygen atoms in total. The Bertz CT molecular complexity index is 1030. The molecule has 0 heterocycles. The van der Waals surface area contributed by atoms with Crippen molar-refractivity contribution in [2.24, 2.45) is 5.92 Å². The zero-order valence-electron chi connectivity index (χ0n) is 20.1. The van der Waals surface area contributed by atoms with Crippen molar-refractivity contribution in [2.45, 2.75) is 76.2 Å². The Kier molecular flexibility index (Phi) is 8.37. The standard InChI is InChI=1S/C28H33F3O4/c1-2-34-25-14-9-20(15-24(25)29)18-7-10-21(11-8-18)35-28(33)23-13-12-22(26(30)27(23)31)19-5-3-17(16-32)4-6-19/h9,12-15,17-19,21,32H,2-8,10-11,16H2,1H3. The average Bonchev–Trinajstić information content (AvgIpc) is 2.87. The molecule has 2 aromatic carbocycles. The van der Waals surface area contributed by atoms with Gasteiger partial charge in [0.2, 0.25) is 0 Å². The van der Waals surface area contributed by atoms with Gasteiger partial charge in [-0.1, -0.05) is 12.1 Å². The fourth-order valence-corrected chi connectivity index (χ4v) is 5.47. The maximum absolute atomic E-state index is 14.8. The summed E-state index contributed by atoms with van der Waals surface area (Å²) in [6.07, 6.45) is 5.09. The van der Waals surface area contributed by atoms with Crippen LogP contribution in [0.2, 0.25) is 0 Å². The zero-order chi connectivity index (χ0) is 24.9. The third kappa shape index (κ3) is 5.83. The van der Waals surface area contributed by atoms with Gasteiger partial charge in [0, 0.05) is 6.61 Å².